The lowest BCUT2D eigenvalue weighted by Crippen LogP contribution is -2.40. The van der Waals surface area contributed by atoms with E-state index in [9.17, 15) is 9.59 Å². The van der Waals surface area contributed by atoms with Crippen LogP contribution in [0.3, 0.4) is 0 Å². The Morgan fingerprint density at radius 1 is 1.35 bits per heavy atom. The van der Waals surface area contributed by atoms with Gasteiger partial charge in [-0.3, -0.25) is 9.59 Å². The Kier molecular flexibility index (Phi) is 3.48. The summed E-state index contributed by atoms with van der Waals surface area (Å²) in [6, 6.07) is 5.25. The number of hydrogen-bond acceptors (Lipinski definition) is 2. The van der Waals surface area contributed by atoms with Gasteiger partial charge in [0, 0.05) is 23.6 Å². The molecule has 17 heavy (non-hydrogen) atoms. The van der Waals surface area contributed by atoms with Gasteiger partial charge >= 0.3 is 0 Å². The van der Waals surface area contributed by atoms with E-state index >= 15 is 0 Å². The Morgan fingerprint density at radius 2 is 2.12 bits per heavy atom. The van der Waals surface area contributed by atoms with E-state index in [1.54, 1.807) is 23.1 Å². The number of carbonyl (C=O) groups is 2. The molecule has 0 unspecified atom stereocenters. The molecule has 0 radical (unpaired) electrons. The van der Waals surface area contributed by atoms with E-state index in [-0.39, 0.29) is 18.2 Å². The van der Waals surface area contributed by atoms with E-state index in [0.29, 0.717) is 23.6 Å². The number of nitrogens with zero attached hydrogens (tertiary/aromatic N) is 1. The summed E-state index contributed by atoms with van der Waals surface area (Å²) in [6.07, 6.45) is 1.34. The fourth-order valence-corrected chi connectivity index (χ4v) is 2.34. The fraction of sp³-hybridized carbons (Fsp3) is 0.385. The standard InChI is InChI=1S/C13H14ClNO2/c1-9-5-10(7-11(14)6-9)13(17)15-4-2-3-12(16)8-15/h5-7H,2-4,8H2,1H3. The number of carbonyl (C=O) groups excluding carboxylic acids is 2. The summed E-state index contributed by atoms with van der Waals surface area (Å²) in [4.78, 5) is 25.1. The Bertz CT molecular complexity index is 450. The molecule has 0 atom stereocenters. The van der Waals surface area contributed by atoms with Gasteiger partial charge < -0.3 is 4.90 Å². The third-order valence-corrected chi connectivity index (χ3v) is 3.05. The van der Waals surface area contributed by atoms with Crippen LogP contribution in [0.25, 0.3) is 0 Å². The topological polar surface area (TPSA) is 37.4 Å². The van der Waals surface area contributed by atoms with Crippen molar-refractivity contribution in [2.45, 2.75) is 19.8 Å². The van der Waals surface area contributed by atoms with Crippen molar-refractivity contribution in [1.82, 2.24) is 4.90 Å². The molecule has 4 heteroatoms. The quantitative estimate of drug-likeness (QED) is 0.769. The number of halogens is 1. The average Bonchev–Trinajstić information content (AvgIpc) is 2.26. The lowest BCUT2D eigenvalue weighted by molar-refractivity contribution is -0.121. The Hall–Kier alpha value is -1.35. The molecule has 0 aromatic heterocycles. The third kappa shape index (κ3) is 2.86. The molecule has 0 spiro atoms. The van der Waals surface area contributed by atoms with Crippen LogP contribution < -0.4 is 0 Å². The highest BCUT2D eigenvalue weighted by Gasteiger charge is 2.22. The van der Waals surface area contributed by atoms with Crippen molar-refractivity contribution in [1.29, 1.82) is 0 Å². The SMILES string of the molecule is Cc1cc(Cl)cc(C(=O)N2CCCC(=O)C2)c1. The van der Waals surface area contributed by atoms with E-state index in [0.717, 1.165) is 12.0 Å². The minimum Gasteiger partial charge on any atom is -0.331 e. The molecular weight excluding hydrogens is 238 g/mol. The number of aryl methyl sites for hydroxylation is 1. The second kappa shape index (κ2) is 4.88. The first-order valence-electron chi connectivity index (χ1n) is 5.64. The van der Waals surface area contributed by atoms with Gasteiger partial charge in [0.15, 0.2) is 5.78 Å². The molecule has 0 N–H and O–H groups in total. The van der Waals surface area contributed by atoms with Crippen LogP contribution in [0, 0.1) is 6.92 Å². The maximum absolute atomic E-state index is 12.2. The summed E-state index contributed by atoms with van der Waals surface area (Å²) >= 11 is 5.92. The predicted molar refractivity (Wildman–Crippen MR) is 66.3 cm³/mol. The normalized spacial score (nSPS) is 16.1. The molecule has 1 saturated heterocycles. The molecule has 1 amide bonds. The molecule has 1 fully saturated rings. The number of ketones is 1. The first-order valence-corrected chi connectivity index (χ1v) is 6.02. The molecule has 1 heterocycles. The van der Waals surface area contributed by atoms with Crippen molar-refractivity contribution >= 4 is 23.3 Å². The molecule has 90 valence electrons. The molecule has 1 aliphatic heterocycles. The molecule has 1 aliphatic rings. The number of likely N-dealkylation sites (tertiary alicyclic amines) is 1. The number of rotatable bonds is 1. The Labute approximate surface area is 105 Å². The average molecular weight is 252 g/mol. The van der Waals surface area contributed by atoms with Crippen molar-refractivity contribution in [2.24, 2.45) is 0 Å². The van der Waals surface area contributed by atoms with Gasteiger partial charge in [-0.25, -0.2) is 0 Å². The van der Waals surface area contributed by atoms with Crippen molar-refractivity contribution in [3.8, 4) is 0 Å². The molecule has 0 bridgehead atoms. The van der Waals surface area contributed by atoms with Gasteiger partial charge in [0.1, 0.15) is 0 Å². The van der Waals surface area contributed by atoms with Crippen LogP contribution in [-0.2, 0) is 4.79 Å². The van der Waals surface area contributed by atoms with Crippen LogP contribution in [0.4, 0.5) is 0 Å². The van der Waals surface area contributed by atoms with Gasteiger partial charge in [-0.15, -0.1) is 0 Å². The molecule has 2 rings (SSSR count). The first-order chi connectivity index (χ1) is 8.06. The van der Waals surface area contributed by atoms with Crippen LogP contribution in [0.2, 0.25) is 5.02 Å². The zero-order valence-corrected chi connectivity index (χ0v) is 10.5. The summed E-state index contributed by atoms with van der Waals surface area (Å²) in [5.41, 5.74) is 1.51. The first kappa shape index (κ1) is 12.1. The van der Waals surface area contributed by atoms with Crippen LogP contribution in [0.15, 0.2) is 18.2 Å². The predicted octanol–water partition coefficient (Wildman–Crippen LogP) is 2.45. The number of piperidine rings is 1. The highest BCUT2D eigenvalue weighted by atomic mass is 35.5. The summed E-state index contributed by atoms with van der Waals surface area (Å²) in [7, 11) is 0. The minimum atomic E-state index is -0.108. The Balaban J connectivity index is 2.21. The van der Waals surface area contributed by atoms with Gasteiger partial charge in [-0.1, -0.05) is 11.6 Å². The Morgan fingerprint density at radius 3 is 2.76 bits per heavy atom. The van der Waals surface area contributed by atoms with Crippen molar-refractivity contribution in [3.05, 3.63) is 34.3 Å². The number of hydrogen-bond donors (Lipinski definition) is 0. The van der Waals surface area contributed by atoms with Gasteiger partial charge in [0.05, 0.1) is 6.54 Å². The van der Waals surface area contributed by atoms with Crippen LogP contribution in [0.1, 0.15) is 28.8 Å². The number of amides is 1. The molecular formula is C13H14ClNO2. The molecule has 0 aliphatic carbocycles. The zero-order valence-electron chi connectivity index (χ0n) is 9.70. The second-order valence-corrected chi connectivity index (χ2v) is 4.82. The van der Waals surface area contributed by atoms with Crippen molar-refractivity contribution < 1.29 is 9.59 Å². The van der Waals surface area contributed by atoms with Crippen LogP contribution in [0.5, 0.6) is 0 Å². The second-order valence-electron chi connectivity index (χ2n) is 4.39. The van der Waals surface area contributed by atoms with E-state index in [4.69, 9.17) is 11.6 Å². The van der Waals surface area contributed by atoms with Gasteiger partial charge in [-0.05, 0) is 37.1 Å². The summed E-state index contributed by atoms with van der Waals surface area (Å²) in [6.45, 7) is 2.77. The summed E-state index contributed by atoms with van der Waals surface area (Å²) in [5.74, 6) is 0.0204. The van der Waals surface area contributed by atoms with E-state index in [1.807, 2.05) is 6.92 Å². The van der Waals surface area contributed by atoms with E-state index in [2.05, 4.69) is 0 Å². The summed E-state index contributed by atoms with van der Waals surface area (Å²) in [5, 5.41) is 0.552. The van der Waals surface area contributed by atoms with Crippen LogP contribution >= 0.6 is 11.6 Å². The van der Waals surface area contributed by atoms with Crippen LogP contribution in [-0.4, -0.2) is 29.7 Å². The minimum absolute atomic E-state index is 0.108. The van der Waals surface area contributed by atoms with Gasteiger partial charge in [-0.2, -0.15) is 0 Å². The number of benzene rings is 1. The maximum Gasteiger partial charge on any atom is 0.254 e. The lowest BCUT2D eigenvalue weighted by Gasteiger charge is -2.26. The fourth-order valence-electron chi connectivity index (χ4n) is 2.05. The lowest BCUT2D eigenvalue weighted by atomic mass is 10.1. The number of Topliss-reactive ketones (excluding diaryl/α,β-unsaturated/α-hetero) is 1. The molecule has 3 nitrogen and oxygen atoms in total. The highest BCUT2D eigenvalue weighted by Crippen LogP contribution is 2.17. The van der Waals surface area contributed by atoms with Gasteiger partial charge in [0.2, 0.25) is 0 Å². The maximum atomic E-state index is 12.2. The van der Waals surface area contributed by atoms with Gasteiger partial charge in [0.25, 0.3) is 5.91 Å². The van der Waals surface area contributed by atoms with Crippen molar-refractivity contribution in [3.63, 3.8) is 0 Å². The molecule has 1 aromatic carbocycles. The highest BCUT2D eigenvalue weighted by molar-refractivity contribution is 6.31. The monoisotopic (exact) mass is 251 g/mol. The third-order valence-electron chi connectivity index (χ3n) is 2.83. The zero-order chi connectivity index (χ0) is 12.4. The summed E-state index contributed by atoms with van der Waals surface area (Å²) < 4.78 is 0. The van der Waals surface area contributed by atoms with E-state index in [1.165, 1.54) is 0 Å². The smallest absolute Gasteiger partial charge is 0.254 e. The molecule has 0 saturated carbocycles. The van der Waals surface area contributed by atoms with Crippen molar-refractivity contribution in [2.75, 3.05) is 13.1 Å². The van der Waals surface area contributed by atoms with E-state index < -0.39 is 0 Å². The largest absolute Gasteiger partial charge is 0.331 e. The molecule has 1 aromatic rings.